The third-order valence-electron chi connectivity index (χ3n) is 3.85. The van der Waals surface area contributed by atoms with Gasteiger partial charge in [0.1, 0.15) is 0 Å². The highest BCUT2D eigenvalue weighted by atomic mass is 16.5. The lowest BCUT2D eigenvalue weighted by Gasteiger charge is -2.43. The number of benzene rings is 1. The molecular weight excluding hydrogens is 260 g/mol. The molecule has 2 heteroatoms. The second-order valence-electron chi connectivity index (χ2n) is 5.72. The van der Waals surface area contributed by atoms with Gasteiger partial charge in [0.25, 0.3) is 0 Å². The van der Waals surface area contributed by atoms with Crippen LogP contribution in [0.25, 0.3) is 6.08 Å². The van der Waals surface area contributed by atoms with Crippen LogP contribution < -0.4 is 0 Å². The van der Waals surface area contributed by atoms with Gasteiger partial charge >= 0.3 is 0 Å². The average molecular weight is 286 g/mol. The Labute approximate surface area is 128 Å². The van der Waals surface area contributed by atoms with E-state index in [1.165, 1.54) is 11.1 Å². The minimum absolute atomic E-state index is 0.207. The van der Waals surface area contributed by atoms with Gasteiger partial charge in [-0.3, -0.25) is 0 Å². The Hall–Kier alpha value is -1.38. The fourth-order valence-electron chi connectivity index (χ4n) is 2.77. The summed E-state index contributed by atoms with van der Waals surface area (Å²) in [6.45, 7) is 7.27. The van der Waals surface area contributed by atoms with Gasteiger partial charge in [-0.05, 0) is 32.3 Å². The molecule has 0 heterocycles. The van der Waals surface area contributed by atoms with Crippen LogP contribution in [0.1, 0.15) is 32.3 Å². The van der Waals surface area contributed by atoms with E-state index in [-0.39, 0.29) is 5.41 Å². The summed E-state index contributed by atoms with van der Waals surface area (Å²) in [4.78, 5) is 0. The molecule has 1 saturated carbocycles. The highest BCUT2D eigenvalue weighted by Crippen LogP contribution is 2.45. The van der Waals surface area contributed by atoms with E-state index < -0.39 is 0 Å². The van der Waals surface area contributed by atoms with Crippen molar-refractivity contribution >= 4 is 6.08 Å². The quantitative estimate of drug-likeness (QED) is 0.701. The van der Waals surface area contributed by atoms with E-state index in [9.17, 15) is 0 Å². The predicted octanol–water partition coefficient (Wildman–Crippen LogP) is 4.48. The fourth-order valence-corrected chi connectivity index (χ4v) is 2.77. The van der Waals surface area contributed by atoms with Crippen molar-refractivity contribution in [3.8, 4) is 0 Å². The molecule has 0 atom stereocenters. The zero-order valence-corrected chi connectivity index (χ0v) is 13.2. The second kappa shape index (κ2) is 8.16. The second-order valence-corrected chi connectivity index (χ2v) is 5.72. The molecule has 2 nitrogen and oxygen atoms in total. The van der Waals surface area contributed by atoms with Crippen molar-refractivity contribution < 1.29 is 9.47 Å². The van der Waals surface area contributed by atoms with E-state index in [0.29, 0.717) is 0 Å². The molecule has 0 bridgehead atoms. The Kier molecular flexibility index (Phi) is 6.21. The third-order valence-corrected chi connectivity index (χ3v) is 3.85. The minimum Gasteiger partial charge on any atom is -0.381 e. The first-order valence-corrected chi connectivity index (χ1v) is 7.84. The van der Waals surface area contributed by atoms with Crippen LogP contribution in [0.3, 0.4) is 0 Å². The molecular formula is C19H26O2. The molecule has 1 aliphatic rings. The number of hydrogen-bond donors (Lipinski definition) is 0. The summed E-state index contributed by atoms with van der Waals surface area (Å²) < 4.78 is 11.3. The van der Waals surface area contributed by atoms with Gasteiger partial charge in [-0.25, -0.2) is 0 Å². The molecule has 0 amide bonds. The SMILES string of the molecule is CCOCC1(COCC)CC(=C/C=C/c2ccccc2)C1. The molecule has 1 aromatic rings. The third kappa shape index (κ3) is 4.83. The Morgan fingerprint density at radius 2 is 1.62 bits per heavy atom. The van der Waals surface area contributed by atoms with Crippen LogP contribution in [-0.2, 0) is 9.47 Å². The van der Waals surface area contributed by atoms with Crippen LogP contribution in [-0.4, -0.2) is 26.4 Å². The summed E-state index contributed by atoms with van der Waals surface area (Å²) in [6.07, 6.45) is 8.72. The van der Waals surface area contributed by atoms with E-state index in [1.54, 1.807) is 0 Å². The summed E-state index contributed by atoms with van der Waals surface area (Å²) in [7, 11) is 0. The van der Waals surface area contributed by atoms with E-state index in [0.717, 1.165) is 39.3 Å². The highest BCUT2D eigenvalue weighted by Gasteiger charge is 2.40. The van der Waals surface area contributed by atoms with Crippen molar-refractivity contribution in [2.75, 3.05) is 26.4 Å². The maximum Gasteiger partial charge on any atom is 0.0550 e. The first-order chi connectivity index (χ1) is 10.3. The molecule has 2 rings (SSSR count). The Bertz CT molecular complexity index is 456. The molecule has 21 heavy (non-hydrogen) atoms. The molecule has 0 N–H and O–H groups in total. The lowest BCUT2D eigenvalue weighted by atomic mass is 9.66. The first kappa shape index (κ1) is 16.0. The number of hydrogen-bond acceptors (Lipinski definition) is 2. The van der Waals surface area contributed by atoms with Crippen molar-refractivity contribution in [3.05, 3.63) is 53.6 Å². The molecule has 1 aliphatic carbocycles. The van der Waals surface area contributed by atoms with Gasteiger partial charge in [-0.15, -0.1) is 0 Å². The lowest BCUT2D eigenvalue weighted by Crippen LogP contribution is -2.40. The zero-order valence-electron chi connectivity index (χ0n) is 13.2. The molecule has 0 unspecified atom stereocenters. The van der Waals surface area contributed by atoms with Gasteiger partial charge in [0, 0.05) is 18.6 Å². The van der Waals surface area contributed by atoms with Crippen LogP contribution in [0.2, 0.25) is 0 Å². The number of allylic oxidation sites excluding steroid dienone is 3. The molecule has 0 aliphatic heterocycles. The summed E-state index contributed by atoms with van der Waals surface area (Å²) in [5.74, 6) is 0. The van der Waals surface area contributed by atoms with Gasteiger partial charge in [-0.2, -0.15) is 0 Å². The molecule has 1 fully saturated rings. The molecule has 114 valence electrons. The summed E-state index contributed by atoms with van der Waals surface area (Å²) >= 11 is 0. The number of rotatable bonds is 8. The molecule has 0 radical (unpaired) electrons. The topological polar surface area (TPSA) is 18.5 Å². The van der Waals surface area contributed by atoms with Gasteiger partial charge in [0.05, 0.1) is 13.2 Å². The average Bonchev–Trinajstić information content (AvgIpc) is 2.49. The van der Waals surface area contributed by atoms with Crippen molar-refractivity contribution in [3.63, 3.8) is 0 Å². The zero-order chi connectivity index (χ0) is 15.0. The van der Waals surface area contributed by atoms with E-state index in [1.807, 2.05) is 19.9 Å². The van der Waals surface area contributed by atoms with E-state index >= 15 is 0 Å². The largest absolute Gasteiger partial charge is 0.381 e. The van der Waals surface area contributed by atoms with E-state index in [4.69, 9.17) is 9.47 Å². The van der Waals surface area contributed by atoms with Crippen molar-refractivity contribution in [2.45, 2.75) is 26.7 Å². The highest BCUT2D eigenvalue weighted by molar-refractivity contribution is 5.51. The van der Waals surface area contributed by atoms with Crippen molar-refractivity contribution in [1.82, 2.24) is 0 Å². The monoisotopic (exact) mass is 286 g/mol. The molecule has 0 spiro atoms. The minimum atomic E-state index is 0.207. The maximum atomic E-state index is 5.63. The van der Waals surface area contributed by atoms with Gasteiger partial charge < -0.3 is 9.47 Å². The normalized spacial score (nSPS) is 17.0. The Morgan fingerprint density at radius 3 is 2.19 bits per heavy atom. The summed E-state index contributed by atoms with van der Waals surface area (Å²) in [6, 6.07) is 10.4. The first-order valence-electron chi connectivity index (χ1n) is 7.84. The maximum absolute atomic E-state index is 5.63. The van der Waals surface area contributed by atoms with Crippen LogP contribution in [0, 0.1) is 5.41 Å². The van der Waals surface area contributed by atoms with Gasteiger partial charge in [0.2, 0.25) is 0 Å². The summed E-state index contributed by atoms with van der Waals surface area (Å²) in [5.41, 5.74) is 2.93. The molecule has 0 saturated heterocycles. The fraction of sp³-hybridized carbons (Fsp3) is 0.474. The van der Waals surface area contributed by atoms with Gasteiger partial charge in [0.15, 0.2) is 0 Å². The van der Waals surface area contributed by atoms with Crippen molar-refractivity contribution in [1.29, 1.82) is 0 Å². The molecule has 0 aromatic heterocycles. The number of ether oxygens (including phenoxy) is 2. The van der Waals surface area contributed by atoms with Crippen LogP contribution in [0.5, 0.6) is 0 Å². The predicted molar refractivity (Wildman–Crippen MR) is 88.2 cm³/mol. The van der Waals surface area contributed by atoms with Crippen LogP contribution in [0.4, 0.5) is 0 Å². The molecule has 1 aromatic carbocycles. The smallest absolute Gasteiger partial charge is 0.0550 e. The standard InChI is InChI=1S/C19H26O2/c1-3-20-15-19(16-21-4-2)13-18(14-19)12-8-11-17-9-6-5-7-10-17/h5-12H,3-4,13-16H2,1-2H3/b11-8+. The van der Waals surface area contributed by atoms with Gasteiger partial charge in [-0.1, -0.05) is 54.1 Å². The Morgan fingerprint density at radius 1 is 1.00 bits per heavy atom. The lowest BCUT2D eigenvalue weighted by molar-refractivity contribution is -0.0386. The Balaban J connectivity index is 1.87. The van der Waals surface area contributed by atoms with Crippen LogP contribution >= 0.6 is 0 Å². The summed E-state index contributed by atoms with van der Waals surface area (Å²) in [5, 5.41) is 0. The van der Waals surface area contributed by atoms with Crippen molar-refractivity contribution in [2.24, 2.45) is 5.41 Å². The van der Waals surface area contributed by atoms with Crippen LogP contribution in [0.15, 0.2) is 48.1 Å². The van der Waals surface area contributed by atoms with E-state index in [2.05, 4.69) is 42.5 Å².